The van der Waals surface area contributed by atoms with Gasteiger partial charge in [-0.15, -0.1) is 6.58 Å². The molecule has 3 rings (SSSR count). The molecule has 1 heterocycles. The minimum atomic E-state index is -0.0847. The Labute approximate surface area is 178 Å². The summed E-state index contributed by atoms with van der Waals surface area (Å²) < 4.78 is 21.9. The van der Waals surface area contributed by atoms with Crippen molar-refractivity contribution in [2.24, 2.45) is 0 Å². The molecule has 30 heavy (non-hydrogen) atoms. The van der Waals surface area contributed by atoms with Crippen LogP contribution in [0.4, 0.5) is 0 Å². The minimum Gasteiger partial charge on any atom is -0.497 e. The first kappa shape index (κ1) is 21.6. The summed E-state index contributed by atoms with van der Waals surface area (Å²) in [5.41, 5.74) is 2.39. The van der Waals surface area contributed by atoms with Crippen molar-refractivity contribution < 1.29 is 23.7 Å². The predicted molar refractivity (Wildman–Crippen MR) is 116 cm³/mol. The molecule has 1 unspecified atom stereocenters. The Balaban J connectivity index is 2.00. The molecule has 0 spiro atoms. The summed E-state index contributed by atoms with van der Waals surface area (Å²) in [4.78, 5) is 15.4. The third-order valence-electron chi connectivity index (χ3n) is 5.48. The van der Waals surface area contributed by atoms with Crippen molar-refractivity contribution in [2.75, 3.05) is 35.0 Å². The van der Waals surface area contributed by atoms with Crippen molar-refractivity contribution in [3.63, 3.8) is 0 Å². The third kappa shape index (κ3) is 4.08. The van der Waals surface area contributed by atoms with E-state index >= 15 is 0 Å². The van der Waals surface area contributed by atoms with Crippen LogP contribution in [0.2, 0.25) is 0 Å². The van der Waals surface area contributed by atoms with Crippen LogP contribution in [0.1, 0.15) is 40.4 Å². The number of ether oxygens (including phenoxy) is 4. The minimum absolute atomic E-state index is 0.0476. The molecule has 0 bridgehead atoms. The summed E-state index contributed by atoms with van der Waals surface area (Å²) in [6, 6.07) is 9.22. The van der Waals surface area contributed by atoms with Gasteiger partial charge in [-0.05, 0) is 49.6 Å². The van der Waals surface area contributed by atoms with Crippen molar-refractivity contribution >= 4 is 5.91 Å². The maximum atomic E-state index is 13.5. The second kappa shape index (κ2) is 9.57. The van der Waals surface area contributed by atoms with Crippen molar-refractivity contribution in [1.82, 2.24) is 4.90 Å². The summed E-state index contributed by atoms with van der Waals surface area (Å²) >= 11 is 0. The van der Waals surface area contributed by atoms with E-state index in [1.165, 1.54) is 0 Å². The maximum Gasteiger partial charge on any atom is 0.254 e. The molecule has 0 N–H and O–H groups in total. The van der Waals surface area contributed by atoms with E-state index in [-0.39, 0.29) is 11.9 Å². The molecule has 0 aliphatic carbocycles. The highest BCUT2D eigenvalue weighted by Crippen LogP contribution is 2.40. The van der Waals surface area contributed by atoms with Crippen LogP contribution >= 0.6 is 0 Å². The number of rotatable bonds is 8. The molecule has 1 saturated heterocycles. The second-order valence-corrected chi connectivity index (χ2v) is 7.13. The fraction of sp³-hybridized carbons (Fsp3) is 0.375. The Morgan fingerprint density at radius 2 is 1.83 bits per heavy atom. The first-order valence-electron chi connectivity index (χ1n) is 9.96. The van der Waals surface area contributed by atoms with E-state index in [0.717, 1.165) is 35.5 Å². The Hall–Kier alpha value is -3.15. The SMILES string of the molecule is C=CCc1cc(C(=O)N2CCCC2c2cc(OC)ccc2OC)cc(OC)c1OC. The monoisotopic (exact) mass is 411 g/mol. The molecule has 160 valence electrons. The zero-order valence-corrected chi connectivity index (χ0v) is 18.1. The third-order valence-corrected chi connectivity index (χ3v) is 5.48. The van der Waals surface area contributed by atoms with Crippen LogP contribution in [-0.4, -0.2) is 45.8 Å². The summed E-state index contributed by atoms with van der Waals surface area (Å²) in [7, 11) is 6.44. The van der Waals surface area contributed by atoms with Crippen LogP contribution in [0.15, 0.2) is 43.0 Å². The highest BCUT2D eigenvalue weighted by Gasteiger charge is 2.33. The molecule has 1 aliphatic heterocycles. The molecule has 6 heteroatoms. The van der Waals surface area contributed by atoms with Gasteiger partial charge in [0, 0.05) is 23.2 Å². The van der Waals surface area contributed by atoms with E-state index in [9.17, 15) is 4.79 Å². The number of hydrogen-bond acceptors (Lipinski definition) is 5. The summed E-state index contributed by atoms with van der Waals surface area (Å²) in [6.45, 7) is 4.48. The zero-order chi connectivity index (χ0) is 21.7. The highest BCUT2D eigenvalue weighted by molar-refractivity contribution is 5.96. The molecule has 6 nitrogen and oxygen atoms in total. The molecule has 2 aromatic carbocycles. The van der Waals surface area contributed by atoms with Gasteiger partial charge < -0.3 is 23.8 Å². The second-order valence-electron chi connectivity index (χ2n) is 7.13. The number of allylic oxidation sites excluding steroid dienone is 1. The molecule has 1 atom stereocenters. The van der Waals surface area contributed by atoms with Crippen molar-refractivity contribution in [2.45, 2.75) is 25.3 Å². The van der Waals surface area contributed by atoms with Gasteiger partial charge in [0.1, 0.15) is 11.5 Å². The Morgan fingerprint density at radius 3 is 2.47 bits per heavy atom. The highest BCUT2D eigenvalue weighted by atomic mass is 16.5. The zero-order valence-electron chi connectivity index (χ0n) is 18.1. The summed E-state index contributed by atoms with van der Waals surface area (Å²) in [5.74, 6) is 2.61. The largest absolute Gasteiger partial charge is 0.497 e. The van der Waals surface area contributed by atoms with Gasteiger partial charge in [0.05, 0.1) is 34.5 Å². The summed E-state index contributed by atoms with van der Waals surface area (Å²) in [6.07, 6.45) is 4.14. The molecular formula is C24H29NO5. The van der Waals surface area contributed by atoms with Gasteiger partial charge in [0.25, 0.3) is 5.91 Å². The van der Waals surface area contributed by atoms with Crippen LogP contribution in [0.3, 0.4) is 0 Å². The lowest BCUT2D eigenvalue weighted by atomic mass is 10.0. The fourth-order valence-corrected chi connectivity index (χ4v) is 4.07. The number of benzene rings is 2. The van der Waals surface area contributed by atoms with Gasteiger partial charge in [-0.1, -0.05) is 6.08 Å². The lowest BCUT2D eigenvalue weighted by molar-refractivity contribution is 0.0733. The van der Waals surface area contributed by atoms with E-state index < -0.39 is 0 Å². The van der Waals surface area contributed by atoms with Crippen LogP contribution < -0.4 is 18.9 Å². The number of likely N-dealkylation sites (tertiary alicyclic amines) is 1. The molecule has 1 fully saturated rings. The van der Waals surface area contributed by atoms with Crippen molar-refractivity contribution in [3.8, 4) is 23.0 Å². The average molecular weight is 411 g/mol. The number of nitrogens with zero attached hydrogens (tertiary/aromatic N) is 1. The van der Waals surface area contributed by atoms with Gasteiger partial charge >= 0.3 is 0 Å². The fourth-order valence-electron chi connectivity index (χ4n) is 4.07. The Kier molecular flexibility index (Phi) is 6.87. The summed E-state index contributed by atoms with van der Waals surface area (Å²) in [5, 5.41) is 0. The molecule has 1 aliphatic rings. The van der Waals surface area contributed by atoms with Crippen molar-refractivity contribution in [1.29, 1.82) is 0 Å². The molecule has 2 aromatic rings. The first-order chi connectivity index (χ1) is 14.6. The van der Waals surface area contributed by atoms with E-state index in [1.54, 1.807) is 40.6 Å². The average Bonchev–Trinajstić information content (AvgIpc) is 3.27. The van der Waals surface area contributed by atoms with Crippen LogP contribution in [0.5, 0.6) is 23.0 Å². The van der Waals surface area contributed by atoms with Crippen molar-refractivity contribution in [3.05, 3.63) is 59.7 Å². The molecule has 0 aromatic heterocycles. The van der Waals surface area contributed by atoms with E-state index in [1.807, 2.05) is 29.2 Å². The number of methoxy groups -OCH3 is 4. The standard InChI is InChI=1S/C24H29NO5/c1-6-8-16-13-17(14-22(29-4)23(16)30-5)24(26)25-12-7-9-20(25)19-15-18(27-2)10-11-21(19)28-3/h6,10-11,13-15,20H,1,7-9,12H2,2-5H3. The first-order valence-corrected chi connectivity index (χ1v) is 9.96. The van der Waals surface area contributed by atoms with Gasteiger partial charge in [-0.2, -0.15) is 0 Å². The number of hydrogen-bond donors (Lipinski definition) is 0. The quantitative estimate of drug-likeness (QED) is 0.602. The van der Waals surface area contributed by atoms with Gasteiger partial charge in [0.2, 0.25) is 0 Å². The van der Waals surface area contributed by atoms with Gasteiger partial charge in [-0.3, -0.25) is 4.79 Å². The number of carbonyl (C=O) groups is 1. The predicted octanol–water partition coefficient (Wildman–Crippen LogP) is 4.43. The molecule has 0 radical (unpaired) electrons. The normalized spacial score (nSPS) is 15.6. The van der Waals surface area contributed by atoms with Gasteiger partial charge in [0.15, 0.2) is 11.5 Å². The Morgan fingerprint density at radius 1 is 1.07 bits per heavy atom. The number of amides is 1. The topological polar surface area (TPSA) is 57.2 Å². The van der Waals surface area contributed by atoms with Crippen LogP contribution in [0, 0.1) is 0 Å². The Bertz CT molecular complexity index is 924. The van der Waals surface area contributed by atoms with Gasteiger partial charge in [-0.25, -0.2) is 0 Å². The maximum absolute atomic E-state index is 13.5. The van der Waals surface area contributed by atoms with Crippen LogP contribution in [0.25, 0.3) is 0 Å². The molecular weight excluding hydrogens is 382 g/mol. The molecule has 0 saturated carbocycles. The van der Waals surface area contributed by atoms with E-state index in [0.29, 0.717) is 30.0 Å². The smallest absolute Gasteiger partial charge is 0.254 e. The molecule has 1 amide bonds. The van der Waals surface area contributed by atoms with E-state index in [4.69, 9.17) is 18.9 Å². The lowest BCUT2D eigenvalue weighted by Crippen LogP contribution is -2.31. The van der Waals surface area contributed by atoms with Crippen LogP contribution in [-0.2, 0) is 6.42 Å². The van der Waals surface area contributed by atoms with E-state index in [2.05, 4.69) is 6.58 Å². The lowest BCUT2D eigenvalue weighted by Gasteiger charge is -2.27. The number of carbonyl (C=O) groups excluding carboxylic acids is 1.